The van der Waals surface area contributed by atoms with Crippen molar-refractivity contribution in [2.75, 3.05) is 39.3 Å². The molecule has 2 amide bonds. The molecule has 4 aromatic rings. The van der Waals surface area contributed by atoms with Crippen molar-refractivity contribution >= 4 is 29.1 Å². The number of rotatable bonds is 21. The Labute approximate surface area is 328 Å². The van der Waals surface area contributed by atoms with Crippen LogP contribution >= 0.6 is 0 Å². The van der Waals surface area contributed by atoms with E-state index < -0.39 is 17.9 Å². The summed E-state index contributed by atoms with van der Waals surface area (Å²) in [5.41, 5.74) is 6.70. The van der Waals surface area contributed by atoms with Gasteiger partial charge in [-0.15, -0.1) is 0 Å². The Morgan fingerprint density at radius 3 is 2.11 bits per heavy atom. The van der Waals surface area contributed by atoms with Crippen molar-refractivity contribution in [3.63, 3.8) is 0 Å². The molecule has 13 nitrogen and oxygen atoms in total. The minimum Gasteiger partial charge on any atom is -0.496 e. The van der Waals surface area contributed by atoms with Crippen molar-refractivity contribution in [2.24, 2.45) is 5.92 Å². The summed E-state index contributed by atoms with van der Waals surface area (Å²) in [6, 6.07) is 13.9. The quantitative estimate of drug-likeness (QED) is 0.0722. The van der Waals surface area contributed by atoms with Crippen LogP contribution in [0.25, 0.3) is 11.1 Å². The number of carbonyl (C=O) groups is 4. The number of anilines is 1. The zero-order valence-corrected chi connectivity index (χ0v) is 33.0. The summed E-state index contributed by atoms with van der Waals surface area (Å²) in [4.78, 5) is 60.3. The highest BCUT2D eigenvalue weighted by Gasteiger charge is 2.21. The topological polar surface area (TPSA) is 189 Å². The molecule has 2 aromatic heterocycles. The molecule has 0 saturated carbocycles. The van der Waals surface area contributed by atoms with E-state index in [1.807, 2.05) is 64.1 Å². The molecular weight excluding hydrogens is 714 g/mol. The molecule has 2 heterocycles. The fraction of sp³-hybridized carbons (Fsp3) is 0.395. The van der Waals surface area contributed by atoms with Gasteiger partial charge in [-0.05, 0) is 73.9 Å². The van der Waals surface area contributed by atoms with Crippen LogP contribution in [0.3, 0.4) is 0 Å². The van der Waals surface area contributed by atoms with E-state index in [0.717, 1.165) is 27.8 Å². The summed E-state index contributed by atoms with van der Waals surface area (Å²) in [6.07, 6.45) is 5.07. The van der Waals surface area contributed by atoms with Gasteiger partial charge < -0.3 is 35.6 Å². The maximum absolute atomic E-state index is 13.5. The molecule has 0 radical (unpaired) electrons. The van der Waals surface area contributed by atoms with Gasteiger partial charge in [-0.3, -0.25) is 29.1 Å². The third kappa shape index (κ3) is 10.8. The lowest BCUT2D eigenvalue weighted by molar-refractivity contribution is -0.126. The molecule has 2 atom stereocenters. The highest BCUT2D eigenvalue weighted by atomic mass is 16.5. The van der Waals surface area contributed by atoms with Crippen molar-refractivity contribution in [3.05, 3.63) is 100 Å². The number of amides is 2. The van der Waals surface area contributed by atoms with Crippen molar-refractivity contribution in [1.82, 2.24) is 20.6 Å². The number of benzene rings is 2. The van der Waals surface area contributed by atoms with Crippen molar-refractivity contribution in [3.8, 4) is 22.6 Å². The van der Waals surface area contributed by atoms with Gasteiger partial charge in [0.05, 0.1) is 39.4 Å². The van der Waals surface area contributed by atoms with E-state index in [1.54, 1.807) is 24.5 Å². The van der Waals surface area contributed by atoms with Gasteiger partial charge in [0.15, 0.2) is 11.6 Å². The Kier molecular flexibility index (Phi) is 16.2. The maximum Gasteiger partial charge on any atom is 0.274 e. The predicted molar refractivity (Wildman–Crippen MR) is 214 cm³/mol. The molecule has 0 aliphatic heterocycles. The predicted octanol–water partition coefficient (Wildman–Crippen LogP) is 4.95. The summed E-state index contributed by atoms with van der Waals surface area (Å²) in [5.74, 6) is -0.566. The van der Waals surface area contributed by atoms with Gasteiger partial charge in [-0.2, -0.15) is 0 Å². The van der Waals surface area contributed by atoms with E-state index >= 15 is 0 Å². The highest BCUT2D eigenvalue weighted by molar-refractivity contribution is 6.04. The average molecular weight is 768 g/mol. The van der Waals surface area contributed by atoms with Crippen LogP contribution in [0.5, 0.6) is 11.5 Å². The molecule has 2 aromatic carbocycles. The Balaban J connectivity index is 1.48. The SMILES string of the molecule is CCCC(=O)[C@@H](CO)NCc1cnc(C(=O)Cc2cccc(-c3cccc(NC(=O)c4cc(OC)c(CC[C@H](CO)C(=O)NCC)cn4)c3C)c2C)cc1OC. The maximum atomic E-state index is 13.5. The first kappa shape index (κ1) is 43.2. The molecule has 0 saturated heterocycles. The number of Topliss-reactive ketones (excluding diaryl/α,β-unsaturated/α-hetero) is 2. The Morgan fingerprint density at radius 2 is 1.45 bits per heavy atom. The Morgan fingerprint density at radius 1 is 0.804 bits per heavy atom. The van der Waals surface area contributed by atoms with Crippen LogP contribution in [-0.4, -0.2) is 83.6 Å². The second kappa shape index (κ2) is 21.0. The lowest BCUT2D eigenvalue weighted by Crippen LogP contribution is -2.39. The second-order valence-electron chi connectivity index (χ2n) is 13.5. The number of aliphatic hydroxyl groups is 2. The monoisotopic (exact) mass is 767 g/mol. The number of hydrogen-bond donors (Lipinski definition) is 5. The zero-order valence-electron chi connectivity index (χ0n) is 33.0. The number of pyridine rings is 2. The van der Waals surface area contributed by atoms with Crippen molar-refractivity contribution in [2.45, 2.75) is 72.4 Å². The van der Waals surface area contributed by atoms with Gasteiger partial charge in [-0.25, -0.2) is 0 Å². The van der Waals surface area contributed by atoms with Crippen LogP contribution in [0.4, 0.5) is 5.69 Å². The van der Waals surface area contributed by atoms with Crippen LogP contribution < -0.4 is 25.4 Å². The molecule has 5 N–H and O–H groups in total. The lowest BCUT2D eigenvalue weighted by Gasteiger charge is -2.17. The molecule has 56 heavy (non-hydrogen) atoms. The summed E-state index contributed by atoms with van der Waals surface area (Å²) in [5, 5.41) is 28.1. The first-order valence-corrected chi connectivity index (χ1v) is 18.8. The third-order valence-corrected chi connectivity index (χ3v) is 9.83. The second-order valence-corrected chi connectivity index (χ2v) is 13.5. The minimum atomic E-state index is -0.693. The van der Waals surface area contributed by atoms with E-state index in [-0.39, 0.29) is 55.0 Å². The smallest absolute Gasteiger partial charge is 0.274 e. The largest absolute Gasteiger partial charge is 0.496 e. The fourth-order valence-corrected chi connectivity index (χ4v) is 6.47. The van der Waals surface area contributed by atoms with Gasteiger partial charge >= 0.3 is 0 Å². The van der Waals surface area contributed by atoms with Crippen LogP contribution in [0.1, 0.15) is 81.9 Å². The van der Waals surface area contributed by atoms with Crippen LogP contribution in [-0.2, 0) is 29.0 Å². The first-order chi connectivity index (χ1) is 27.0. The van der Waals surface area contributed by atoms with E-state index in [0.29, 0.717) is 60.5 Å². The van der Waals surface area contributed by atoms with Gasteiger partial charge in [0.25, 0.3) is 5.91 Å². The van der Waals surface area contributed by atoms with Gasteiger partial charge in [0.2, 0.25) is 5.91 Å². The molecule has 0 unspecified atom stereocenters. The normalized spacial score (nSPS) is 12.1. The molecular formula is C43H53N5O8. The number of aliphatic hydroxyl groups excluding tert-OH is 2. The number of aromatic nitrogens is 2. The fourth-order valence-electron chi connectivity index (χ4n) is 6.47. The number of ether oxygens (including phenoxy) is 2. The summed E-state index contributed by atoms with van der Waals surface area (Å²) in [6.45, 7) is 7.72. The number of hydrogen-bond acceptors (Lipinski definition) is 11. The van der Waals surface area contributed by atoms with E-state index in [9.17, 15) is 29.4 Å². The zero-order chi connectivity index (χ0) is 40.8. The number of nitrogens with zero attached hydrogens (tertiary/aromatic N) is 2. The molecule has 0 aliphatic carbocycles. The van der Waals surface area contributed by atoms with Gasteiger partial charge in [0, 0.05) is 67.3 Å². The number of aryl methyl sites for hydroxylation is 1. The van der Waals surface area contributed by atoms with Crippen LogP contribution in [0, 0.1) is 19.8 Å². The highest BCUT2D eigenvalue weighted by Crippen LogP contribution is 2.33. The molecule has 0 spiro atoms. The Hall–Kier alpha value is -5.50. The molecule has 298 valence electrons. The van der Waals surface area contributed by atoms with Crippen LogP contribution in [0.15, 0.2) is 60.9 Å². The van der Waals surface area contributed by atoms with Crippen molar-refractivity contribution < 1.29 is 38.9 Å². The summed E-state index contributed by atoms with van der Waals surface area (Å²) >= 11 is 0. The molecule has 0 aliphatic rings. The lowest BCUT2D eigenvalue weighted by atomic mass is 9.91. The van der Waals surface area contributed by atoms with E-state index in [1.165, 1.54) is 14.2 Å². The number of carbonyl (C=O) groups excluding carboxylic acids is 4. The average Bonchev–Trinajstić information content (AvgIpc) is 3.20. The first-order valence-electron chi connectivity index (χ1n) is 18.8. The van der Waals surface area contributed by atoms with E-state index in [4.69, 9.17) is 9.47 Å². The number of ketones is 2. The molecule has 13 heteroatoms. The van der Waals surface area contributed by atoms with Crippen LogP contribution in [0.2, 0.25) is 0 Å². The van der Waals surface area contributed by atoms with Gasteiger partial charge in [0.1, 0.15) is 22.9 Å². The minimum absolute atomic E-state index is 0.0694. The number of nitrogens with one attached hydrogen (secondary N) is 3. The number of methoxy groups -OCH3 is 2. The Bertz CT molecular complexity index is 1870. The summed E-state index contributed by atoms with van der Waals surface area (Å²) < 4.78 is 11.1. The molecule has 0 fully saturated rings. The van der Waals surface area contributed by atoms with E-state index in [2.05, 4.69) is 25.9 Å². The van der Waals surface area contributed by atoms with Crippen molar-refractivity contribution in [1.29, 1.82) is 0 Å². The van der Waals surface area contributed by atoms with Gasteiger partial charge in [-0.1, -0.05) is 37.3 Å². The molecule has 4 rings (SSSR count). The third-order valence-electron chi connectivity index (χ3n) is 9.83. The standard InChI is InChI=1S/C43H53N5O8/c1-7-11-38(51)37(25-50)47-23-31-22-45-35(19-41(31)56-6)39(52)18-28-12-9-13-32(26(28)3)33-14-10-15-34(27(33)4)48-43(54)36-20-40(55-5)29(21-46-36)16-17-30(24-49)42(53)44-8-2/h9-10,12-15,19-22,30,37,47,49-50H,7-8,11,16-18,23-25H2,1-6H3,(H,44,53)(H,48,54)/t30-,37-/m1/s1. The summed E-state index contributed by atoms with van der Waals surface area (Å²) in [7, 11) is 3.01. The molecule has 0 bridgehead atoms.